The lowest BCUT2D eigenvalue weighted by molar-refractivity contribution is 0.0894. The zero-order valence-corrected chi connectivity index (χ0v) is 12.2. The van der Waals surface area contributed by atoms with Gasteiger partial charge in [0.15, 0.2) is 0 Å². The van der Waals surface area contributed by atoms with Crippen LogP contribution in [0.2, 0.25) is 0 Å². The van der Waals surface area contributed by atoms with Gasteiger partial charge < -0.3 is 10.4 Å². The third kappa shape index (κ3) is 3.69. The average molecular weight is 241 g/mol. The predicted octanol–water partition coefficient (Wildman–Crippen LogP) is 3.34. The molecule has 1 fully saturated rings. The highest BCUT2D eigenvalue weighted by Crippen LogP contribution is 2.36. The number of hydrogen-bond donors (Lipinski definition) is 2. The van der Waals surface area contributed by atoms with Gasteiger partial charge in [0.25, 0.3) is 0 Å². The van der Waals surface area contributed by atoms with Crippen molar-refractivity contribution in [3.63, 3.8) is 0 Å². The average Bonchev–Trinajstić information content (AvgIpc) is 2.33. The molecule has 1 saturated carbocycles. The van der Waals surface area contributed by atoms with Crippen LogP contribution in [0.1, 0.15) is 66.2 Å². The van der Waals surface area contributed by atoms with Crippen LogP contribution in [0.3, 0.4) is 0 Å². The summed E-state index contributed by atoms with van der Waals surface area (Å²) in [4.78, 5) is 0. The molecular formula is C15H31NO. The minimum atomic E-state index is 0.0908. The molecule has 1 atom stereocenters. The lowest BCUT2D eigenvalue weighted by atomic mass is 9.72. The highest BCUT2D eigenvalue weighted by Gasteiger charge is 2.34. The SMILES string of the molecule is CCC(CC)(CO)CNC1CCCCC1(C)C. The Morgan fingerprint density at radius 3 is 2.35 bits per heavy atom. The summed E-state index contributed by atoms with van der Waals surface area (Å²) in [5.41, 5.74) is 0.508. The van der Waals surface area contributed by atoms with Crippen molar-refractivity contribution in [1.29, 1.82) is 0 Å². The Morgan fingerprint density at radius 2 is 1.88 bits per heavy atom. The first-order chi connectivity index (χ1) is 7.99. The van der Waals surface area contributed by atoms with Gasteiger partial charge in [-0.15, -0.1) is 0 Å². The van der Waals surface area contributed by atoms with Crippen molar-refractivity contribution in [2.45, 2.75) is 72.3 Å². The Hall–Kier alpha value is -0.0800. The molecule has 0 aliphatic heterocycles. The highest BCUT2D eigenvalue weighted by atomic mass is 16.3. The Kier molecular flexibility index (Phi) is 5.46. The van der Waals surface area contributed by atoms with Crippen molar-refractivity contribution in [3.8, 4) is 0 Å². The molecule has 102 valence electrons. The number of nitrogens with one attached hydrogen (secondary N) is 1. The van der Waals surface area contributed by atoms with Crippen molar-refractivity contribution < 1.29 is 5.11 Å². The van der Waals surface area contributed by atoms with Crippen LogP contribution >= 0.6 is 0 Å². The van der Waals surface area contributed by atoms with Gasteiger partial charge in [0.05, 0.1) is 0 Å². The maximum absolute atomic E-state index is 9.60. The summed E-state index contributed by atoms with van der Waals surface area (Å²) in [6, 6.07) is 0.625. The first kappa shape index (κ1) is 15.0. The first-order valence-corrected chi connectivity index (χ1v) is 7.34. The third-order valence-electron chi connectivity index (χ3n) is 5.07. The van der Waals surface area contributed by atoms with Crippen molar-refractivity contribution in [3.05, 3.63) is 0 Å². The molecule has 0 amide bonds. The summed E-state index contributed by atoms with van der Waals surface area (Å²) < 4.78 is 0. The van der Waals surface area contributed by atoms with E-state index in [1.165, 1.54) is 25.7 Å². The van der Waals surface area contributed by atoms with E-state index in [9.17, 15) is 5.11 Å². The van der Waals surface area contributed by atoms with E-state index in [0.717, 1.165) is 19.4 Å². The number of rotatable bonds is 6. The number of hydrogen-bond acceptors (Lipinski definition) is 2. The van der Waals surface area contributed by atoms with Crippen molar-refractivity contribution >= 4 is 0 Å². The monoisotopic (exact) mass is 241 g/mol. The third-order valence-corrected chi connectivity index (χ3v) is 5.07. The van der Waals surface area contributed by atoms with Gasteiger partial charge in [0.2, 0.25) is 0 Å². The summed E-state index contributed by atoms with van der Waals surface area (Å²) in [5.74, 6) is 0. The van der Waals surface area contributed by atoms with E-state index in [0.29, 0.717) is 18.1 Å². The van der Waals surface area contributed by atoms with Crippen LogP contribution in [0.15, 0.2) is 0 Å². The van der Waals surface area contributed by atoms with Crippen molar-refractivity contribution in [1.82, 2.24) is 5.32 Å². The maximum atomic E-state index is 9.60. The smallest absolute Gasteiger partial charge is 0.0499 e. The fraction of sp³-hybridized carbons (Fsp3) is 1.00. The fourth-order valence-electron chi connectivity index (χ4n) is 2.99. The molecule has 2 heteroatoms. The number of aliphatic hydroxyl groups excluding tert-OH is 1. The van der Waals surface area contributed by atoms with Gasteiger partial charge in [-0.1, -0.05) is 40.5 Å². The van der Waals surface area contributed by atoms with Crippen molar-refractivity contribution in [2.24, 2.45) is 10.8 Å². The summed E-state index contributed by atoms with van der Waals surface area (Å²) in [6.45, 7) is 10.4. The Morgan fingerprint density at radius 1 is 1.24 bits per heavy atom. The molecule has 1 aliphatic rings. The van der Waals surface area contributed by atoms with Crippen LogP contribution in [-0.2, 0) is 0 Å². The molecule has 17 heavy (non-hydrogen) atoms. The van der Waals surface area contributed by atoms with Gasteiger partial charge in [0.1, 0.15) is 0 Å². The Balaban J connectivity index is 2.53. The number of aliphatic hydroxyl groups is 1. The van der Waals surface area contributed by atoms with Gasteiger partial charge in [-0.25, -0.2) is 0 Å². The van der Waals surface area contributed by atoms with E-state index in [4.69, 9.17) is 0 Å². The molecule has 0 radical (unpaired) electrons. The van der Waals surface area contributed by atoms with E-state index in [-0.39, 0.29) is 5.41 Å². The minimum Gasteiger partial charge on any atom is -0.396 e. The zero-order valence-electron chi connectivity index (χ0n) is 12.2. The van der Waals surface area contributed by atoms with Gasteiger partial charge in [-0.2, -0.15) is 0 Å². The predicted molar refractivity (Wildman–Crippen MR) is 74.1 cm³/mol. The summed E-state index contributed by atoms with van der Waals surface area (Å²) >= 11 is 0. The molecule has 0 aromatic heterocycles. The van der Waals surface area contributed by atoms with Crippen LogP contribution in [-0.4, -0.2) is 24.3 Å². The molecule has 1 rings (SSSR count). The molecule has 1 unspecified atom stereocenters. The molecule has 2 nitrogen and oxygen atoms in total. The lowest BCUT2D eigenvalue weighted by Crippen LogP contribution is -2.49. The van der Waals surface area contributed by atoms with Gasteiger partial charge in [-0.05, 0) is 31.1 Å². The molecule has 0 aromatic rings. The van der Waals surface area contributed by atoms with E-state index in [1.807, 2.05) is 0 Å². The summed E-state index contributed by atoms with van der Waals surface area (Å²) in [5, 5.41) is 13.3. The zero-order chi connectivity index (χ0) is 12.9. The standard InChI is InChI=1S/C15H31NO/c1-5-15(6-2,12-17)11-16-13-9-7-8-10-14(13,3)4/h13,16-17H,5-12H2,1-4H3. The molecule has 0 heterocycles. The lowest BCUT2D eigenvalue weighted by Gasteiger charge is -2.41. The maximum Gasteiger partial charge on any atom is 0.0499 e. The Labute approximate surface area is 107 Å². The van der Waals surface area contributed by atoms with Gasteiger partial charge >= 0.3 is 0 Å². The van der Waals surface area contributed by atoms with Crippen LogP contribution < -0.4 is 5.32 Å². The second-order valence-electron chi connectivity index (χ2n) is 6.53. The van der Waals surface area contributed by atoms with E-state index < -0.39 is 0 Å². The van der Waals surface area contributed by atoms with E-state index >= 15 is 0 Å². The molecule has 0 bridgehead atoms. The molecule has 1 aliphatic carbocycles. The van der Waals surface area contributed by atoms with Gasteiger partial charge in [-0.3, -0.25) is 0 Å². The normalized spacial score (nSPS) is 24.9. The molecular weight excluding hydrogens is 210 g/mol. The fourth-order valence-corrected chi connectivity index (χ4v) is 2.99. The Bertz CT molecular complexity index is 213. The summed E-state index contributed by atoms with van der Waals surface area (Å²) in [7, 11) is 0. The van der Waals surface area contributed by atoms with Gasteiger partial charge in [0, 0.05) is 24.6 Å². The molecule has 0 saturated heterocycles. The second-order valence-corrected chi connectivity index (χ2v) is 6.53. The van der Waals surface area contributed by atoms with Crippen LogP contribution in [0.4, 0.5) is 0 Å². The van der Waals surface area contributed by atoms with Crippen molar-refractivity contribution in [2.75, 3.05) is 13.2 Å². The van der Waals surface area contributed by atoms with Crippen LogP contribution in [0.25, 0.3) is 0 Å². The second kappa shape index (κ2) is 6.19. The molecule has 0 spiro atoms. The quantitative estimate of drug-likeness (QED) is 0.747. The van der Waals surface area contributed by atoms with Crippen LogP contribution in [0, 0.1) is 10.8 Å². The molecule has 2 N–H and O–H groups in total. The highest BCUT2D eigenvalue weighted by molar-refractivity contribution is 4.90. The largest absolute Gasteiger partial charge is 0.396 e. The van der Waals surface area contributed by atoms with Crippen LogP contribution in [0.5, 0.6) is 0 Å². The first-order valence-electron chi connectivity index (χ1n) is 7.34. The minimum absolute atomic E-state index is 0.0908. The molecule has 0 aromatic carbocycles. The summed E-state index contributed by atoms with van der Waals surface area (Å²) in [6.07, 6.45) is 7.46. The van der Waals surface area contributed by atoms with E-state index in [1.54, 1.807) is 0 Å². The topological polar surface area (TPSA) is 32.3 Å². The van der Waals surface area contributed by atoms with E-state index in [2.05, 4.69) is 33.0 Å².